The number of benzene rings is 2. The van der Waals surface area contributed by atoms with Gasteiger partial charge in [-0.15, -0.1) is 0 Å². The smallest absolute Gasteiger partial charge is 0.253 e. The average molecular weight is 266 g/mol. The van der Waals surface area contributed by atoms with E-state index < -0.39 is 0 Å². The molecule has 0 aliphatic carbocycles. The fourth-order valence-corrected chi connectivity index (χ4v) is 1.56. The van der Waals surface area contributed by atoms with Gasteiger partial charge in [0.1, 0.15) is 0 Å². The van der Waals surface area contributed by atoms with Gasteiger partial charge in [-0.1, -0.05) is 60.7 Å². The molecule has 0 saturated heterocycles. The lowest BCUT2D eigenvalue weighted by Gasteiger charge is -1.95. The normalized spacial score (nSPS) is 12.8. The molecule has 0 N–H and O–H groups in total. The van der Waals surface area contributed by atoms with Crippen LogP contribution < -0.4 is 0 Å². The van der Waals surface area contributed by atoms with Crippen LogP contribution in [0.25, 0.3) is 12.2 Å². The van der Waals surface area contributed by atoms with Gasteiger partial charge in [-0.05, 0) is 11.1 Å². The van der Waals surface area contributed by atoms with E-state index in [9.17, 15) is 10.4 Å². The Kier molecular flexibility index (Phi) is 4.67. The van der Waals surface area contributed by atoms with Gasteiger partial charge in [0, 0.05) is 12.2 Å². The maximum Gasteiger partial charge on any atom is 0.253 e. The first kappa shape index (κ1) is 13.5. The first-order valence-electron chi connectivity index (χ1n) is 6.15. The third-order valence-corrected chi connectivity index (χ3v) is 2.58. The van der Waals surface area contributed by atoms with E-state index in [0.29, 0.717) is 0 Å². The minimum Gasteiger partial charge on any atom is -0.561 e. The molecule has 0 bridgehead atoms. The molecule has 0 heterocycles. The van der Waals surface area contributed by atoms with Crippen molar-refractivity contribution < 1.29 is 9.72 Å². The van der Waals surface area contributed by atoms with E-state index in [1.54, 1.807) is 12.2 Å². The highest BCUT2D eigenvalue weighted by molar-refractivity contribution is 5.47. The highest BCUT2D eigenvalue weighted by Gasteiger charge is 1.98. The van der Waals surface area contributed by atoms with E-state index in [-0.39, 0.29) is 9.72 Å². The van der Waals surface area contributed by atoms with Crippen LogP contribution in [-0.2, 0) is 0 Å². The SMILES string of the molecule is [O-]/[N+](C=Cc1ccccc1)=[N+](/[O-])C=Cc1ccccc1. The number of hydrogen-bond donors (Lipinski definition) is 0. The summed E-state index contributed by atoms with van der Waals surface area (Å²) >= 11 is 0. The quantitative estimate of drug-likeness (QED) is 0.480. The summed E-state index contributed by atoms with van der Waals surface area (Å²) in [4.78, 5) is 0.457. The Labute approximate surface area is 117 Å². The Morgan fingerprint density at radius 3 is 1.30 bits per heavy atom. The highest BCUT2D eigenvalue weighted by Crippen LogP contribution is 2.02. The highest BCUT2D eigenvalue weighted by atomic mass is 16.6. The van der Waals surface area contributed by atoms with Crippen molar-refractivity contribution >= 4 is 12.2 Å². The van der Waals surface area contributed by atoms with Crippen LogP contribution in [0, 0.1) is 10.4 Å². The Morgan fingerprint density at radius 2 is 0.950 bits per heavy atom. The molecule has 0 aromatic heterocycles. The van der Waals surface area contributed by atoms with Gasteiger partial charge in [0.25, 0.3) is 12.4 Å². The van der Waals surface area contributed by atoms with Crippen molar-refractivity contribution in [1.29, 1.82) is 0 Å². The van der Waals surface area contributed by atoms with Crippen LogP contribution >= 0.6 is 0 Å². The maximum absolute atomic E-state index is 11.5. The molecule has 0 amide bonds. The summed E-state index contributed by atoms with van der Waals surface area (Å²) in [5.41, 5.74) is 1.71. The summed E-state index contributed by atoms with van der Waals surface area (Å²) in [6.45, 7) is 0. The zero-order valence-corrected chi connectivity index (χ0v) is 10.8. The van der Waals surface area contributed by atoms with E-state index in [4.69, 9.17) is 0 Å². The van der Waals surface area contributed by atoms with Gasteiger partial charge >= 0.3 is 0 Å². The topological polar surface area (TPSA) is 52.1 Å². The van der Waals surface area contributed by atoms with E-state index >= 15 is 0 Å². The molecule has 2 rings (SSSR count). The van der Waals surface area contributed by atoms with Crippen LogP contribution in [0.4, 0.5) is 0 Å². The van der Waals surface area contributed by atoms with Crippen LogP contribution in [0.1, 0.15) is 11.1 Å². The summed E-state index contributed by atoms with van der Waals surface area (Å²) in [5, 5.41) is 23.1. The lowest BCUT2D eigenvalue weighted by atomic mass is 10.2. The predicted octanol–water partition coefficient (Wildman–Crippen LogP) is 3.80. The fourth-order valence-electron chi connectivity index (χ4n) is 1.56. The standard InChI is InChI=1S/C16H14N2O2/c19-17(13-11-15-7-3-1-4-8-15)18(20)14-12-16-9-5-2-6-10-16/h1-14H/b13-11?,14-12?,18-17+. The van der Waals surface area contributed by atoms with Gasteiger partial charge < -0.3 is 10.4 Å². The molecule has 20 heavy (non-hydrogen) atoms. The molecular weight excluding hydrogens is 252 g/mol. The van der Waals surface area contributed by atoms with E-state index in [0.717, 1.165) is 11.1 Å². The van der Waals surface area contributed by atoms with Crippen LogP contribution in [0.2, 0.25) is 0 Å². The number of hydrogen-bond acceptors (Lipinski definition) is 2. The van der Waals surface area contributed by atoms with Gasteiger partial charge in [0.05, 0.1) is 9.72 Å². The predicted molar refractivity (Wildman–Crippen MR) is 78.2 cm³/mol. The summed E-state index contributed by atoms with van der Waals surface area (Å²) < 4.78 is 0. The van der Waals surface area contributed by atoms with Gasteiger partial charge in [-0.25, -0.2) is 0 Å². The first-order valence-corrected chi connectivity index (χ1v) is 6.15. The second-order valence-electron chi connectivity index (χ2n) is 4.06. The Balaban J connectivity index is 2.08. The maximum atomic E-state index is 11.5. The van der Waals surface area contributed by atoms with Gasteiger partial charge in [-0.2, -0.15) is 0 Å². The first-order chi connectivity index (χ1) is 9.75. The van der Waals surface area contributed by atoms with Gasteiger partial charge in [0.15, 0.2) is 0 Å². The van der Waals surface area contributed by atoms with Crippen molar-refractivity contribution in [2.75, 3.05) is 0 Å². The average Bonchev–Trinajstić information content (AvgIpc) is 2.52. The molecule has 0 saturated carbocycles. The second kappa shape index (κ2) is 6.89. The van der Waals surface area contributed by atoms with Crippen LogP contribution in [0.5, 0.6) is 0 Å². The number of nitrogens with zero attached hydrogens (tertiary/aromatic N) is 2. The minimum absolute atomic E-state index is 0.229. The number of hydroxylamine groups is 2. The van der Waals surface area contributed by atoms with Crippen molar-refractivity contribution in [3.63, 3.8) is 0 Å². The molecule has 0 atom stereocenters. The lowest BCUT2D eigenvalue weighted by molar-refractivity contribution is -0.911. The fraction of sp³-hybridized carbons (Fsp3) is 0. The van der Waals surface area contributed by atoms with Crippen molar-refractivity contribution in [1.82, 2.24) is 0 Å². The van der Waals surface area contributed by atoms with E-state index in [2.05, 4.69) is 0 Å². The summed E-state index contributed by atoms with van der Waals surface area (Å²) in [7, 11) is 0. The largest absolute Gasteiger partial charge is 0.561 e. The van der Waals surface area contributed by atoms with Crippen molar-refractivity contribution in [3.05, 3.63) is 94.6 Å². The Hall–Kier alpha value is -2.88. The zero-order valence-electron chi connectivity index (χ0n) is 10.8. The molecule has 0 radical (unpaired) electrons. The van der Waals surface area contributed by atoms with E-state index in [1.165, 1.54) is 12.4 Å². The van der Waals surface area contributed by atoms with Gasteiger partial charge in [0.2, 0.25) is 0 Å². The van der Waals surface area contributed by atoms with Crippen LogP contribution in [0.3, 0.4) is 0 Å². The summed E-state index contributed by atoms with van der Waals surface area (Å²) in [5.74, 6) is 0. The monoisotopic (exact) mass is 266 g/mol. The minimum atomic E-state index is 0.229. The molecule has 2 aromatic rings. The number of rotatable bonds is 4. The molecule has 4 nitrogen and oxygen atoms in total. The third-order valence-electron chi connectivity index (χ3n) is 2.58. The molecule has 0 unspecified atom stereocenters. The molecule has 2 aromatic carbocycles. The molecule has 0 aliphatic rings. The van der Waals surface area contributed by atoms with Gasteiger partial charge in [-0.3, -0.25) is 0 Å². The summed E-state index contributed by atoms with van der Waals surface area (Å²) in [6.07, 6.45) is 5.51. The second-order valence-corrected chi connectivity index (χ2v) is 4.06. The molecule has 4 heteroatoms. The third kappa shape index (κ3) is 4.10. The van der Waals surface area contributed by atoms with Crippen molar-refractivity contribution in [2.45, 2.75) is 0 Å². The molecule has 0 fully saturated rings. The Bertz CT molecular complexity index is 575. The van der Waals surface area contributed by atoms with Crippen molar-refractivity contribution in [3.8, 4) is 0 Å². The Morgan fingerprint density at radius 1 is 0.600 bits per heavy atom. The van der Waals surface area contributed by atoms with Crippen molar-refractivity contribution in [2.24, 2.45) is 0 Å². The molecule has 0 spiro atoms. The lowest BCUT2D eigenvalue weighted by Crippen LogP contribution is -2.05. The van der Waals surface area contributed by atoms with Crippen LogP contribution in [0.15, 0.2) is 73.1 Å². The molecule has 100 valence electrons. The molecular formula is C16H14N2O2. The summed E-state index contributed by atoms with van der Waals surface area (Å²) in [6, 6.07) is 18.6. The van der Waals surface area contributed by atoms with Crippen LogP contribution in [-0.4, -0.2) is 9.72 Å². The molecule has 0 aliphatic heterocycles. The van der Waals surface area contributed by atoms with E-state index in [1.807, 2.05) is 60.7 Å². The zero-order chi connectivity index (χ0) is 14.2. The number of azo groups is 1.